The van der Waals surface area contributed by atoms with E-state index in [1.165, 1.54) is 58.5 Å². The molecule has 5 aromatic rings. The first-order chi connectivity index (χ1) is 41.4. The van der Waals surface area contributed by atoms with Crippen LogP contribution in [0.15, 0.2) is 104 Å². The Morgan fingerprint density at radius 3 is 1.32 bits per heavy atom. The number of halogens is 4. The maximum atomic E-state index is 11.1. The number of nitrogen functional groups attached to an aromatic ring is 1. The molecule has 492 valence electrons. The fourth-order valence-corrected chi connectivity index (χ4v) is 7.94. The number of ether oxygens (including phenoxy) is 3. The standard InChI is InChI=1S/C11H15Br.C11H15NO2.C11H17N.C9H7BrO4.C9H5BrO3.C2H3ClO.6CO2.2CH4.K.H2O/c1-3-5-10-8-11(12)7-6-9(10)4-2;1-3-5-10-8-11(12(13)14)7-6-9(10)4-2;1-3-5-10-8-11(12)7-6-9(10)4-2;10-8-1-2-9(14-6-12)7(3-8)4-13-5-11;10-6-1-2-7-5(3-6)4-8(11)13-9(7)12;1-2(3)4;6*2-1-3;;;;/h6-8H,3-5H2,1-2H3;6-8H,3-5H2,1-2H3;6-8H,3-5,12H2,1-2H3;1-3,5-6H,4H2;1-3H,4H2;1H3;;;;;;;2*1H4;;1H2/q;;;;;;;;;;;;;;+1;/p-1. The largest absolute Gasteiger partial charge is 1.00 e. The van der Waals surface area contributed by atoms with Crippen LogP contribution >= 0.6 is 59.4 Å². The van der Waals surface area contributed by atoms with Crippen molar-refractivity contribution in [2.75, 3.05) is 5.73 Å². The van der Waals surface area contributed by atoms with Crippen molar-refractivity contribution in [3.05, 3.63) is 165 Å². The van der Waals surface area contributed by atoms with Gasteiger partial charge in [-0.15, -0.1) is 0 Å². The van der Waals surface area contributed by atoms with E-state index in [1.54, 1.807) is 48.5 Å². The number of hydrogen-bond acceptors (Lipinski definition) is 24. The van der Waals surface area contributed by atoms with Crippen LogP contribution in [0.5, 0.6) is 5.75 Å². The zero-order chi connectivity index (χ0) is 68.1. The summed E-state index contributed by atoms with van der Waals surface area (Å²) in [6, 6.07) is 28.1. The third-order valence-electron chi connectivity index (χ3n) is 9.83. The van der Waals surface area contributed by atoms with Crippen molar-refractivity contribution in [3.63, 3.8) is 0 Å². The second-order valence-electron chi connectivity index (χ2n) is 15.5. The molecular formula is C61H71Br3ClKN2O23. The minimum atomic E-state index is -0.557. The van der Waals surface area contributed by atoms with Gasteiger partial charge in [0.15, 0.2) is 0 Å². The number of hydrogen-bond donors (Lipinski definition) is 1. The van der Waals surface area contributed by atoms with Crippen LogP contribution in [0, 0.1) is 10.1 Å². The van der Waals surface area contributed by atoms with Crippen LogP contribution in [0.1, 0.15) is 137 Å². The van der Waals surface area contributed by atoms with Crippen LogP contribution in [0.4, 0.5) is 11.4 Å². The Balaban J connectivity index is -0.000000103. The van der Waals surface area contributed by atoms with Crippen molar-refractivity contribution in [2.24, 2.45) is 0 Å². The van der Waals surface area contributed by atoms with E-state index in [1.807, 2.05) is 12.1 Å². The maximum Gasteiger partial charge on any atom is 1.00 e. The van der Waals surface area contributed by atoms with E-state index in [9.17, 15) is 34.1 Å². The summed E-state index contributed by atoms with van der Waals surface area (Å²) in [4.78, 5) is 159. The normalized spacial score (nSPS) is 8.65. The molecule has 0 amide bonds. The average molecular weight is 1510 g/mol. The third-order valence-corrected chi connectivity index (χ3v) is 11.3. The molecule has 5 aromatic carbocycles. The van der Waals surface area contributed by atoms with Crippen molar-refractivity contribution in [3.8, 4) is 5.75 Å². The predicted octanol–water partition coefficient (Wildman–Crippen LogP) is 8.57. The molecule has 0 aromatic heterocycles. The summed E-state index contributed by atoms with van der Waals surface area (Å²) in [6.07, 6.45) is 11.6. The Labute approximate surface area is 599 Å². The number of carbonyl (C=O) groups is 5. The Kier molecular flexibility index (Phi) is 85.0. The van der Waals surface area contributed by atoms with Gasteiger partial charge in [-0.05, 0) is 150 Å². The van der Waals surface area contributed by atoms with Gasteiger partial charge in [0.2, 0.25) is 5.24 Å². The summed E-state index contributed by atoms with van der Waals surface area (Å²) >= 11 is 14.6. The smallest absolute Gasteiger partial charge is 0.870 e. The number of aryl methyl sites for hydroxylation is 6. The number of cyclic esters (lactones) is 2. The molecule has 0 spiro atoms. The maximum absolute atomic E-state index is 11.1. The van der Waals surface area contributed by atoms with Crippen LogP contribution in [0.3, 0.4) is 0 Å². The summed E-state index contributed by atoms with van der Waals surface area (Å²) < 4.78 is 16.6. The summed E-state index contributed by atoms with van der Waals surface area (Å²) in [6.45, 7) is 15.0. The van der Waals surface area contributed by atoms with Crippen molar-refractivity contribution in [1.82, 2.24) is 0 Å². The first-order valence-electron chi connectivity index (χ1n) is 24.9. The molecule has 0 fully saturated rings. The van der Waals surface area contributed by atoms with E-state index in [0.29, 0.717) is 29.8 Å². The van der Waals surface area contributed by atoms with Crippen LogP contribution in [0.2, 0.25) is 0 Å². The molecule has 1 aliphatic heterocycles. The first kappa shape index (κ1) is 105. The number of esters is 2. The van der Waals surface area contributed by atoms with E-state index < -0.39 is 11.9 Å². The second kappa shape index (κ2) is 73.4. The Morgan fingerprint density at radius 2 is 0.934 bits per heavy atom. The number of fused-ring (bicyclic) bond motifs is 1. The molecule has 0 aliphatic carbocycles. The van der Waals surface area contributed by atoms with E-state index in [-0.39, 0.29) is 138 Å². The number of benzene rings is 5. The van der Waals surface area contributed by atoms with Crippen LogP contribution in [-0.4, -0.2) is 77.4 Å². The molecule has 0 saturated heterocycles. The van der Waals surface area contributed by atoms with Crippen molar-refractivity contribution < 1.29 is 158 Å². The molecule has 30 heteroatoms. The first-order valence-corrected chi connectivity index (χ1v) is 27.7. The van der Waals surface area contributed by atoms with E-state index in [4.69, 9.17) is 68.0 Å². The number of non-ortho nitro benzene ring substituents is 1. The molecule has 0 atom stereocenters. The van der Waals surface area contributed by atoms with Crippen molar-refractivity contribution in [1.29, 1.82) is 0 Å². The van der Waals surface area contributed by atoms with E-state index >= 15 is 0 Å². The number of carbonyl (C=O) groups excluding carboxylic acids is 17. The molecule has 0 bridgehead atoms. The van der Waals surface area contributed by atoms with Gasteiger partial charge >= 0.3 is 100 Å². The van der Waals surface area contributed by atoms with Gasteiger partial charge in [-0.25, -0.2) is 4.79 Å². The molecule has 25 nitrogen and oxygen atoms in total. The molecule has 3 N–H and O–H groups in total. The minimum Gasteiger partial charge on any atom is -0.870 e. The number of anilines is 1. The summed E-state index contributed by atoms with van der Waals surface area (Å²) in [7, 11) is 0. The zero-order valence-electron chi connectivity index (χ0n) is 49.6. The number of nitro groups is 1. The molecule has 1 aliphatic rings. The number of nitro benzene ring substituents is 1. The molecule has 1 heterocycles. The Bertz CT molecular complexity index is 2920. The molecule has 0 unspecified atom stereocenters. The average Bonchev–Trinajstić information content (AvgIpc) is 2.85. The fraction of sp³-hybridized carbons (Fsp3) is 0.328. The molecule has 0 radical (unpaired) electrons. The van der Waals surface area contributed by atoms with E-state index in [2.05, 4.69) is 141 Å². The van der Waals surface area contributed by atoms with Gasteiger partial charge in [-0.3, -0.25) is 29.3 Å². The van der Waals surface area contributed by atoms with Crippen molar-refractivity contribution in [2.45, 2.75) is 134 Å². The summed E-state index contributed by atoms with van der Waals surface area (Å²) in [5.41, 5.74) is 16.8. The molecule has 91 heavy (non-hydrogen) atoms. The molecule has 6 rings (SSSR count). The fourth-order valence-electron chi connectivity index (χ4n) is 6.72. The van der Waals surface area contributed by atoms with Gasteiger partial charge in [0, 0.05) is 43.7 Å². The summed E-state index contributed by atoms with van der Waals surface area (Å²) in [5, 5.41) is 10.2. The van der Waals surface area contributed by atoms with Crippen molar-refractivity contribution >= 4 is 138 Å². The topological polar surface area (TPSA) is 417 Å². The van der Waals surface area contributed by atoms with Gasteiger partial charge in [0.1, 0.15) is 12.4 Å². The monoisotopic (exact) mass is 1510 g/mol. The zero-order valence-corrected chi connectivity index (χ0v) is 58.2. The van der Waals surface area contributed by atoms with Gasteiger partial charge in [-0.1, -0.05) is 142 Å². The van der Waals surface area contributed by atoms with Crippen LogP contribution < -0.4 is 61.9 Å². The van der Waals surface area contributed by atoms with E-state index in [0.717, 1.165) is 64.3 Å². The third kappa shape index (κ3) is 58.8. The number of nitrogens with zero attached hydrogens (tertiary/aromatic N) is 1. The minimum absolute atomic E-state index is 0. The molecular weight excluding hydrogens is 1440 g/mol. The number of nitrogens with two attached hydrogens (primary N) is 1. The van der Waals surface area contributed by atoms with Crippen LogP contribution in [-0.2, 0) is 138 Å². The SMILES string of the molecule is C.C.CC(=O)Cl.CCCc1cc(Br)ccc1CC.CCCc1cc(N)ccc1CC.CCCc1cc([N+](=O)[O-])ccc1CC.O=C1Cc2cc(Br)ccc2C(=O)O1.O=C=O.O=C=O.O=C=O.O=C=O.O=C=O.O=C=O.O=COCc1cc(Br)ccc1OC=O.[K+].[OH-]. The quantitative estimate of drug-likeness (QED) is 0.0150. The predicted molar refractivity (Wildman–Crippen MR) is 330 cm³/mol. The van der Waals surface area contributed by atoms with Crippen LogP contribution in [0.25, 0.3) is 0 Å². The molecule has 0 saturated carbocycles. The summed E-state index contributed by atoms with van der Waals surface area (Å²) in [5.74, 6) is -0.667. The van der Waals surface area contributed by atoms with Gasteiger partial charge in [-0.2, -0.15) is 57.5 Å². The van der Waals surface area contributed by atoms with Gasteiger partial charge in [0.25, 0.3) is 18.6 Å². The Morgan fingerprint density at radius 1 is 0.582 bits per heavy atom. The Hall–Kier alpha value is -7.34. The number of rotatable bonds is 15. The van der Waals surface area contributed by atoms with Gasteiger partial charge < -0.3 is 25.4 Å². The second-order valence-corrected chi connectivity index (χ2v) is 18.8. The van der Waals surface area contributed by atoms with Gasteiger partial charge in [0.05, 0.1) is 16.9 Å².